The molecule has 3 saturated carbocycles. The van der Waals surface area contributed by atoms with Crippen LogP contribution in [0.15, 0.2) is 103 Å². The Morgan fingerprint density at radius 3 is 0.764 bits per heavy atom. The van der Waals surface area contributed by atoms with Crippen molar-refractivity contribution in [3.05, 3.63) is 106 Å². The van der Waals surface area contributed by atoms with Crippen molar-refractivity contribution in [2.45, 2.75) is 113 Å². The van der Waals surface area contributed by atoms with E-state index >= 15 is 0 Å². The highest BCUT2D eigenvalue weighted by Gasteiger charge is 2.27. The molecule has 0 saturated heterocycles. The lowest BCUT2D eigenvalue weighted by Crippen LogP contribution is -2.27. The third-order valence-electron chi connectivity index (χ3n) is 15.3. The molecule has 12 bridgehead atoms. The summed E-state index contributed by atoms with van der Waals surface area (Å²) in [6, 6.07) is 25.0. The number of nitrogens with zero attached hydrogens (tertiary/aromatic N) is 6. The first-order valence-electron chi connectivity index (χ1n) is 25.7. The molecule has 0 N–H and O–H groups in total. The van der Waals surface area contributed by atoms with Crippen molar-refractivity contribution in [2.75, 3.05) is 42.7 Å². The summed E-state index contributed by atoms with van der Waals surface area (Å²) in [5, 5.41) is 6.10. The van der Waals surface area contributed by atoms with E-state index in [1.54, 1.807) is 42.7 Å². The molecule has 0 radical (unpaired) electrons. The molecule has 0 aromatic heterocycles. The molecule has 0 unspecified atom stereocenters. The Bertz CT molecular complexity index is 2810. The standard InChI is InChI=1S/C60H66N6O6/c1-67-55-22-19-37-25-40-31-62-50-14-8-11-17-53(50)65-35-47-45-30-60(72-6)42(27-39(45)21-24-57(47)69-3)33-63-51-15-9-12-18-54(51)66-36-48-44-29-59(71-5)41(26-38(44)20-23-56(48)68-2)32-61-49-13-7-10-16-52(49)64-34-46(55)43(37)28-58(40)70-4/h19-36,49-54H,7-18H2,1-6H3/t49-,50-,51-,52-,53-,54-/m1/s1. The number of methoxy groups -OCH3 is 6. The number of benzene rings is 6. The SMILES string of the molecule is COc1cc2c3c(OC)ccc2cc1C=N[C@@H]1CCCC[C@H]1N=Cc1c(OC)ccc2cc(c(OC)cc12)C=N[C@@H]1CCCC[C@H]1N=Cc1c(OC)ccc2cc(c(OC)cc12)C=N[C@@H]1CCCC[C@H]1N=C3. The molecule has 0 spiro atoms. The molecular weight excluding hydrogens is 901 g/mol. The van der Waals surface area contributed by atoms with Gasteiger partial charge in [-0.15, -0.1) is 0 Å². The maximum Gasteiger partial charge on any atom is 0.128 e. The van der Waals surface area contributed by atoms with Crippen LogP contribution in [-0.4, -0.2) is 116 Å². The van der Waals surface area contributed by atoms with Crippen molar-refractivity contribution < 1.29 is 28.4 Å². The van der Waals surface area contributed by atoms with E-state index in [2.05, 4.69) is 54.6 Å². The first-order chi connectivity index (χ1) is 35.4. The average molecular weight is 967 g/mol. The lowest BCUT2D eigenvalue weighted by atomic mass is 9.91. The fourth-order valence-electron chi connectivity index (χ4n) is 11.2. The topological polar surface area (TPSA) is 130 Å². The van der Waals surface area contributed by atoms with Crippen molar-refractivity contribution in [1.29, 1.82) is 0 Å². The van der Waals surface area contributed by atoms with E-state index in [4.69, 9.17) is 58.4 Å². The van der Waals surface area contributed by atoms with Gasteiger partial charge in [-0.05, 0) is 125 Å². The van der Waals surface area contributed by atoms with Gasteiger partial charge in [0.2, 0.25) is 0 Å². The van der Waals surface area contributed by atoms with E-state index in [1.807, 2.05) is 55.5 Å². The largest absolute Gasteiger partial charge is 0.496 e. The van der Waals surface area contributed by atoms with Gasteiger partial charge >= 0.3 is 0 Å². The van der Waals surface area contributed by atoms with Crippen LogP contribution in [0.1, 0.15) is 110 Å². The molecule has 372 valence electrons. The number of hydrogen-bond donors (Lipinski definition) is 0. The summed E-state index contributed by atoms with van der Waals surface area (Å²) in [6.45, 7) is 0. The van der Waals surface area contributed by atoms with Gasteiger partial charge in [0.25, 0.3) is 0 Å². The van der Waals surface area contributed by atoms with Crippen molar-refractivity contribution in [1.82, 2.24) is 0 Å². The van der Waals surface area contributed by atoms with Crippen LogP contribution in [-0.2, 0) is 0 Å². The maximum atomic E-state index is 6.07. The van der Waals surface area contributed by atoms with Crippen LogP contribution in [0.2, 0.25) is 0 Å². The molecule has 12 nitrogen and oxygen atoms in total. The third kappa shape index (κ3) is 10.1. The molecule has 6 aromatic carbocycles. The summed E-state index contributed by atoms with van der Waals surface area (Å²) in [5.74, 6) is 4.43. The number of rotatable bonds is 6. The molecular formula is C60H66N6O6. The van der Waals surface area contributed by atoms with Crippen LogP contribution >= 0.6 is 0 Å². The highest BCUT2D eigenvalue weighted by molar-refractivity contribution is 6.08. The van der Waals surface area contributed by atoms with Gasteiger partial charge in [-0.2, -0.15) is 0 Å². The van der Waals surface area contributed by atoms with Crippen LogP contribution in [0.3, 0.4) is 0 Å². The molecule has 3 aliphatic carbocycles. The monoisotopic (exact) mass is 967 g/mol. The molecule has 0 amide bonds. The van der Waals surface area contributed by atoms with E-state index in [-0.39, 0.29) is 36.3 Å². The molecule has 12 heteroatoms. The Kier molecular flexibility index (Phi) is 14.9. The number of hydrogen-bond acceptors (Lipinski definition) is 12. The van der Waals surface area contributed by atoms with E-state index in [1.165, 1.54) is 0 Å². The molecule has 6 aliphatic heterocycles. The van der Waals surface area contributed by atoms with Crippen LogP contribution in [0.4, 0.5) is 0 Å². The average Bonchev–Trinajstić information content (AvgIpc) is 3.42. The van der Waals surface area contributed by atoms with Crippen molar-refractivity contribution in [3.63, 3.8) is 0 Å². The molecule has 9 aliphatic rings. The van der Waals surface area contributed by atoms with Crippen molar-refractivity contribution >= 4 is 69.6 Å². The minimum absolute atomic E-state index is 0.000686. The molecule has 72 heavy (non-hydrogen) atoms. The van der Waals surface area contributed by atoms with Gasteiger partial charge in [0.15, 0.2) is 0 Å². The van der Waals surface area contributed by atoms with Crippen LogP contribution in [0, 0.1) is 0 Å². The van der Waals surface area contributed by atoms with Crippen LogP contribution in [0.25, 0.3) is 32.3 Å². The lowest BCUT2D eigenvalue weighted by molar-refractivity contribution is 0.389. The highest BCUT2D eigenvalue weighted by Crippen LogP contribution is 2.37. The quantitative estimate of drug-likeness (QED) is 0.163. The van der Waals surface area contributed by atoms with E-state index in [9.17, 15) is 0 Å². The first-order valence-corrected chi connectivity index (χ1v) is 25.7. The number of ether oxygens (including phenoxy) is 6. The van der Waals surface area contributed by atoms with Gasteiger partial charge < -0.3 is 28.4 Å². The third-order valence-corrected chi connectivity index (χ3v) is 15.3. The van der Waals surface area contributed by atoms with Crippen LogP contribution < -0.4 is 28.4 Å². The Labute approximate surface area is 423 Å². The van der Waals surface area contributed by atoms with Gasteiger partial charge in [0.05, 0.1) is 78.9 Å². The predicted octanol–water partition coefficient (Wildman–Crippen LogP) is 12.1. The van der Waals surface area contributed by atoms with Crippen LogP contribution in [0.5, 0.6) is 34.5 Å². The lowest BCUT2D eigenvalue weighted by Gasteiger charge is -2.26. The molecule has 3 fully saturated rings. The van der Waals surface area contributed by atoms with Gasteiger partial charge in [0, 0.05) is 70.7 Å². The highest BCUT2D eigenvalue weighted by atomic mass is 16.5. The molecule has 6 atom stereocenters. The predicted molar refractivity (Wildman–Crippen MR) is 295 cm³/mol. The summed E-state index contributed by atoms with van der Waals surface area (Å²) in [7, 11) is 10.3. The summed E-state index contributed by atoms with van der Waals surface area (Å²) < 4.78 is 36.1. The summed E-state index contributed by atoms with van der Waals surface area (Å²) >= 11 is 0. The second-order valence-corrected chi connectivity index (χ2v) is 19.4. The minimum atomic E-state index is -0.00450. The van der Waals surface area contributed by atoms with Gasteiger partial charge in [-0.1, -0.05) is 56.7 Å². The van der Waals surface area contributed by atoms with E-state index in [0.717, 1.165) is 177 Å². The molecule has 15 rings (SSSR count). The Hall–Kier alpha value is -7.08. The summed E-state index contributed by atoms with van der Waals surface area (Å²) in [6.07, 6.45) is 24.1. The fraction of sp³-hybridized carbons (Fsp3) is 0.400. The molecule has 6 heterocycles. The zero-order chi connectivity index (χ0) is 49.6. The zero-order valence-electron chi connectivity index (χ0n) is 42.5. The second-order valence-electron chi connectivity index (χ2n) is 19.4. The second kappa shape index (κ2) is 22.1. The summed E-state index contributed by atoms with van der Waals surface area (Å²) in [5.41, 5.74) is 5.43. The van der Waals surface area contributed by atoms with Crippen molar-refractivity contribution in [3.8, 4) is 34.5 Å². The molecule has 6 aromatic rings. The number of aliphatic imine (C=N–C) groups is 6. The Morgan fingerprint density at radius 1 is 0.292 bits per heavy atom. The summed E-state index contributed by atoms with van der Waals surface area (Å²) in [4.78, 5) is 31.6. The van der Waals surface area contributed by atoms with Crippen molar-refractivity contribution in [2.24, 2.45) is 30.0 Å². The maximum absolute atomic E-state index is 6.07. The Balaban J connectivity index is 1.10. The van der Waals surface area contributed by atoms with Gasteiger partial charge in [-0.25, -0.2) is 0 Å². The fourth-order valence-corrected chi connectivity index (χ4v) is 11.2. The first kappa shape index (κ1) is 48.5. The van der Waals surface area contributed by atoms with Gasteiger partial charge in [0.1, 0.15) is 34.5 Å². The van der Waals surface area contributed by atoms with Gasteiger partial charge in [-0.3, -0.25) is 30.0 Å². The van der Waals surface area contributed by atoms with E-state index in [0.29, 0.717) is 0 Å². The Morgan fingerprint density at radius 2 is 0.528 bits per heavy atom. The van der Waals surface area contributed by atoms with E-state index < -0.39 is 0 Å². The smallest absolute Gasteiger partial charge is 0.128 e. The normalized spacial score (nSPS) is 22.4. The minimum Gasteiger partial charge on any atom is -0.496 e. The zero-order valence-corrected chi connectivity index (χ0v) is 42.5.